The fourth-order valence-corrected chi connectivity index (χ4v) is 9.75. The number of nitriles is 2. The number of allylic oxidation sites excluding steroid dienone is 6. The maximum Gasteiger partial charge on any atom is 0.315 e. The van der Waals surface area contributed by atoms with Crippen molar-refractivity contribution < 1.29 is 28.8 Å². The molecule has 0 radical (unpaired) electrons. The molecule has 2 heterocycles. The lowest BCUT2D eigenvalue weighted by Gasteiger charge is -2.56. The highest BCUT2D eigenvalue weighted by Gasteiger charge is 2.61. The van der Waals surface area contributed by atoms with Crippen LogP contribution in [0.25, 0.3) is 0 Å². The number of Topliss-reactive ketones (excluding diaryl/α,β-unsaturated/α-hetero) is 1. The van der Waals surface area contributed by atoms with Crippen molar-refractivity contribution in [3.8, 4) is 24.5 Å². The van der Waals surface area contributed by atoms with Crippen molar-refractivity contribution in [2.24, 2.45) is 22.2 Å². The molecule has 254 valence electrons. The van der Waals surface area contributed by atoms with E-state index in [0.29, 0.717) is 43.2 Å². The first kappa shape index (κ1) is 35.4. The quantitative estimate of drug-likeness (QED) is 0.0806. The number of esters is 1. The van der Waals surface area contributed by atoms with Gasteiger partial charge in [-0.25, -0.2) is 10.3 Å². The lowest BCUT2D eigenvalue weighted by atomic mass is 9.45. The van der Waals surface area contributed by atoms with Crippen molar-refractivity contribution in [2.75, 3.05) is 25.5 Å². The number of unbranched alkanes of at least 4 members (excludes halogenated alkanes) is 3. The van der Waals surface area contributed by atoms with Gasteiger partial charge in [0.1, 0.15) is 18.7 Å². The molecule has 3 N–H and O–H groups in total. The number of urea groups is 1. The molecule has 0 unspecified atom stereocenters. The maximum absolute atomic E-state index is 13.6. The number of carbonyl (C=O) groups excluding carboxylic acids is 4. The van der Waals surface area contributed by atoms with Crippen molar-refractivity contribution in [3.05, 3.63) is 34.9 Å². The Morgan fingerprint density at radius 1 is 1.08 bits per heavy atom. The molecule has 11 nitrogen and oxygen atoms in total. The van der Waals surface area contributed by atoms with E-state index < -0.39 is 28.0 Å². The van der Waals surface area contributed by atoms with Crippen LogP contribution in [-0.4, -0.2) is 66.4 Å². The van der Waals surface area contributed by atoms with Crippen LogP contribution in [0.15, 0.2) is 34.9 Å². The number of hydrogen-bond acceptors (Lipinski definition) is 10. The summed E-state index contributed by atoms with van der Waals surface area (Å²) >= 11 is 1.91. The van der Waals surface area contributed by atoms with E-state index in [1.54, 1.807) is 19.1 Å². The first-order chi connectivity index (χ1) is 23.0. The molecule has 2 aliphatic heterocycles. The molecule has 7 atom stereocenters. The number of carbonyl (C=O) groups is 4. The second-order valence-electron chi connectivity index (χ2n) is 13.8. The minimum atomic E-state index is -1.20. The second-order valence-corrected chi connectivity index (χ2v) is 15.1. The molecule has 0 aromatic carbocycles. The van der Waals surface area contributed by atoms with Crippen LogP contribution in [0.2, 0.25) is 0 Å². The Morgan fingerprint density at radius 3 is 2.62 bits per heavy atom. The Hall–Kier alpha value is -3.89. The molecular formula is C36H43N5O6S. The molecule has 2 saturated heterocycles. The predicted octanol–water partition coefficient (Wildman–Crippen LogP) is 3.98. The number of ketones is 2. The van der Waals surface area contributed by atoms with E-state index in [1.807, 2.05) is 30.8 Å². The van der Waals surface area contributed by atoms with Gasteiger partial charge in [-0.15, -0.1) is 6.42 Å². The number of thioether (sulfide) groups is 1. The summed E-state index contributed by atoms with van der Waals surface area (Å²) in [7, 11) is 0. The van der Waals surface area contributed by atoms with Gasteiger partial charge in [-0.1, -0.05) is 25.3 Å². The van der Waals surface area contributed by atoms with Gasteiger partial charge in [0.2, 0.25) is 0 Å². The number of rotatable bonds is 14. The van der Waals surface area contributed by atoms with Gasteiger partial charge in [-0.2, -0.15) is 22.3 Å². The zero-order chi connectivity index (χ0) is 34.5. The minimum Gasteiger partial charge on any atom is -0.465 e. The van der Waals surface area contributed by atoms with Gasteiger partial charge in [-0.3, -0.25) is 14.4 Å². The SMILES string of the molecule is C#C[C@]12C=C(C#N)C(=O)C=C1[C@@]1(C)C=C(C#N)C(=O)[C@@](C)(COC(=O)CCCCCNOCCCC[C@@H]3SC[C@@H]4NC(=O)N[C@@H]43)[C@@H]1CC2. The Bertz CT molecular complexity index is 1570. The van der Waals surface area contributed by atoms with Gasteiger partial charge in [0.25, 0.3) is 0 Å². The number of amides is 2. The third kappa shape index (κ3) is 6.83. The molecule has 12 heteroatoms. The van der Waals surface area contributed by atoms with Gasteiger partial charge in [0.05, 0.1) is 40.7 Å². The summed E-state index contributed by atoms with van der Waals surface area (Å²) < 4.78 is 5.69. The Labute approximate surface area is 286 Å². The topological polar surface area (TPSA) is 170 Å². The molecular weight excluding hydrogens is 630 g/mol. The molecule has 5 rings (SSSR count). The summed E-state index contributed by atoms with van der Waals surface area (Å²) in [5, 5.41) is 25.8. The molecule has 0 spiro atoms. The Kier molecular flexibility index (Phi) is 10.8. The Balaban J connectivity index is 1.03. The van der Waals surface area contributed by atoms with Crippen LogP contribution in [0, 0.1) is 57.2 Å². The summed E-state index contributed by atoms with van der Waals surface area (Å²) in [5.74, 6) is 2.13. The highest BCUT2D eigenvalue weighted by atomic mass is 32.2. The van der Waals surface area contributed by atoms with E-state index in [2.05, 4.69) is 22.0 Å². The average Bonchev–Trinajstić information content (AvgIpc) is 3.63. The number of nitrogens with one attached hydrogen (secondary N) is 3. The number of terminal acetylenes is 1. The van der Waals surface area contributed by atoms with E-state index in [0.717, 1.165) is 37.9 Å². The van der Waals surface area contributed by atoms with E-state index >= 15 is 0 Å². The van der Waals surface area contributed by atoms with Crippen molar-refractivity contribution in [1.82, 2.24) is 16.1 Å². The first-order valence-electron chi connectivity index (χ1n) is 16.8. The lowest BCUT2D eigenvalue weighted by molar-refractivity contribution is -0.154. The number of hydroxylamine groups is 1. The smallest absolute Gasteiger partial charge is 0.315 e. The van der Waals surface area contributed by atoms with Crippen LogP contribution in [-0.2, 0) is 24.0 Å². The summed E-state index contributed by atoms with van der Waals surface area (Å²) in [6.07, 6.45) is 16.9. The number of fused-ring (bicyclic) bond motifs is 4. The molecule has 0 bridgehead atoms. The average molecular weight is 674 g/mol. The first-order valence-corrected chi connectivity index (χ1v) is 17.8. The molecule has 1 saturated carbocycles. The molecule has 3 fully saturated rings. The van der Waals surface area contributed by atoms with Gasteiger partial charge in [0.15, 0.2) is 11.6 Å². The minimum absolute atomic E-state index is 0.0154. The lowest BCUT2D eigenvalue weighted by Crippen LogP contribution is -2.56. The number of hydrogen-bond donors (Lipinski definition) is 3. The molecule has 5 aliphatic rings. The van der Waals surface area contributed by atoms with Gasteiger partial charge in [-0.05, 0) is 75.5 Å². The van der Waals surface area contributed by atoms with E-state index in [9.17, 15) is 29.7 Å². The van der Waals surface area contributed by atoms with Gasteiger partial charge in [0, 0.05) is 29.4 Å². The number of nitrogens with zero attached hydrogens (tertiary/aromatic N) is 2. The van der Waals surface area contributed by atoms with Crippen molar-refractivity contribution in [3.63, 3.8) is 0 Å². The summed E-state index contributed by atoms with van der Waals surface area (Å²) in [4.78, 5) is 56.2. The van der Waals surface area contributed by atoms with E-state index in [4.69, 9.17) is 16.0 Å². The number of ether oxygens (including phenoxy) is 1. The molecule has 0 aromatic heterocycles. The zero-order valence-corrected chi connectivity index (χ0v) is 28.4. The standard InChI is InChI=1S/C36H43N5O6S/c1-4-36-13-12-28-34(2,29(36)16-26(42)23(18-36)19-37)17-24(20-38)32(44)35(28,3)22-46-30(43)11-6-5-8-14-39-47-15-9-7-10-27-31-25(21-48-27)40-33(45)41-31/h1,16-18,25,27-28,31,39H,5-15,21-22H2,2-3H3,(H2,40,41,45)/t25-,27-,28+,31-,34-,35-,36-/m0/s1. The molecule has 0 aromatic rings. The van der Waals surface area contributed by atoms with E-state index in [1.165, 1.54) is 6.08 Å². The van der Waals surface area contributed by atoms with Crippen molar-refractivity contribution in [2.45, 2.75) is 89.0 Å². The van der Waals surface area contributed by atoms with Crippen molar-refractivity contribution in [1.29, 1.82) is 10.5 Å². The van der Waals surface area contributed by atoms with Crippen molar-refractivity contribution >= 4 is 35.3 Å². The largest absolute Gasteiger partial charge is 0.465 e. The third-order valence-corrected chi connectivity index (χ3v) is 12.2. The monoisotopic (exact) mass is 673 g/mol. The highest BCUT2D eigenvalue weighted by molar-refractivity contribution is 8.00. The summed E-state index contributed by atoms with van der Waals surface area (Å²) in [6.45, 7) is 4.68. The predicted molar refractivity (Wildman–Crippen MR) is 178 cm³/mol. The van der Waals surface area contributed by atoms with Crippen LogP contribution < -0.4 is 16.1 Å². The van der Waals surface area contributed by atoms with Gasteiger partial charge >= 0.3 is 12.0 Å². The van der Waals surface area contributed by atoms with Gasteiger partial charge < -0.3 is 20.2 Å². The molecule has 48 heavy (non-hydrogen) atoms. The molecule has 3 aliphatic carbocycles. The van der Waals surface area contributed by atoms with E-state index in [-0.39, 0.29) is 54.0 Å². The Morgan fingerprint density at radius 2 is 1.88 bits per heavy atom. The second kappa shape index (κ2) is 14.7. The maximum atomic E-state index is 13.6. The highest BCUT2D eigenvalue weighted by Crippen LogP contribution is 2.63. The fourth-order valence-electron chi connectivity index (χ4n) is 8.21. The third-order valence-electron chi connectivity index (χ3n) is 10.7. The van der Waals surface area contributed by atoms with Crippen LogP contribution in [0.3, 0.4) is 0 Å². The zero-order valence-electron chi connectivity index (χ0n) is 27.6. The summed E-state index contributed by atoms with van der Waals surface area (Å²) in [5.41, 5.74) is 0.393. The van der Waals surface area contributed by atoms with Crippen LogP contribution in [0.5, 0.6) is 0 Å². The van der Waals surface area contributed by atoms with Crippen LogP contribution >= 0.6 is 11.8 Å². The van der Waals surface area contributed by atoms with Crippen LogP contribution in [0.4, 0.5) is 4.79 Å². The summed E-state index contributed by atoms with van der Waals surface area (Å²) in [6, 6.07) is 4.36. The fraction of sp³-hybridized carbons (Fsp3) is 0.611. The normalized spacial score (nSPS) is 33.3. The van der Waals surface area contributed by atoms with Crippen LogP contribution in [0.1, 0.15) is 71.6 Å². The molecule has 2 amide bonds.